The molecular formula is C21H21FN2O3. The summed E-state index contributed by atoms with van der Waals surface area (Å²) in [4.78, 5) is 39.2. The minimum absolute atomic E-state index is 0.289. The highest BCUT2D eigenvalue weighted by molar-refractivity contribution is 6.11. The first-order chi connectivity index (χ1) is 12.8. The van der Waals surface area contributed by atoms with E-state index in [0.29, 0.717) is 11.1 Å². The predicted molar refractivity (Wildman–Crippen MR) is 98.9 cm³/mol. The van der Waals surface area contributed by atoms with Crippen molar-refractivity contribution in [3.05, 3.63) is 70.5 Å². The standard InChI is InChI=1S/C21H21FN2O3/c1-4-21(15-7-9-16(22)10-8-15)19(26)24(20(27)23-21)12-18(25)17-11-13(2)5-6-14(17)3/h5-11H,4,12H2,1-3H3,(H,23,27)/t21-/m0/s1. The SMILES string of the molecule is CC[C@@]1(c2ccc(F)cc2)NC(=O)N(CC(=O)c2cc(C)ccc2C)C1=O. The van der Waals surface area contributed by atoms with Crippen LogP contribution in [0, 0.1) is 19.7 Å². The van der Waals surface area contributed by atoms with Crippen LogP contribution in [0.1, 0.15) is 40.4 Å². The zero-order valence-electron chi connectivity index (χ0n) is 15.5. The van der Waals surface area contributed by atoms with E-state index in [1.165, 1.54) is 24.3 Å². The minimum atomic E-state index is -1.29. The second kappa shape index (κ2) is 6.95. The molecule has 140 valence electrons. The Morgan fingerprint density at radius 3 is 2.41 bits per heavy atom. The second-order valence-electron chi connectivity index (χ2n) is 6.83. The van der Waals surface area contributed by atoms with Gasteiger partial charge in [-0.05, 0) is 49.6 Å². The molecule has 0 radical (unpaired) electrons. The Hall–Kier alpha value is -3.02. The van der Waals surface area contributed by atoms with Crippen LogP contribution in [0.2, 0.25) is 0 Å². The molecule has 3 rings (SSSR count). The van der Waals surface area contributed by atoms with Gasteiger partial charge < -0.3 is 5.32 Å². The summed E-state index contributed by atoms with van der Waals surface area (Å²) in [6, 6.07) is 10.3. The number of imide groups is 1. The molecule has 0 spiro atoms. The van der Waals surface area contributed by atoms with Gasteiger partial charge in [-0.1, -0.05) is 36.8 Å². The number of nitrogens with zero attached hydrogens (tertiary/aromatic N) is 1. The molecule has 1 fully saturated rings. The fourth-order valence-electron chi connectivity index (χ4n) is 3.41. The van der Waals surface area contributed by atoms with Crippen LogP contribution >= 0.6 is 0 Å². The van der Waals surface area contributed by atoms with E-state index >= 15 is 0 Å². The molecule has 6 heteroatoms. The first-order valence-corrected chi connectivity index (χ1v) is 8.79. The van der Waals surface area contributed by atoms with Crippen LogP contribution in [0.4, 0.5) is 9.18 Å². The topological polar surface area (TPSA) is 66.5 Å². The lowest BCUT2D eigenvalue weighted by Crippen LogP contribution is -2.43. The van der Waals surface area contributed by atoms with E-state index in [1.807, 2.05) is 26.0 Å². The van der Waals surface area contributed by atoms with E-state index in [1.54, 1.807) is 13.0 Å². The minimum Gasteiger partial charge on any atom is -0.319 e. The first kappa shape index (κ1) is 18.8. The quantitative estimate of drug-likeness (QED) is 0.649. The average Bonchev–Trinajstić information content (AvgIpc) is 2.89. The van der Waals surface area contributed by atoms with Gasteiger partial charge in [-0.25, -0.2) is 9.18 Å². The smallest absolute Gasteiger partial charge is 0.319 e. The van der Waals surface area contributed by atoms with E-state index < -0.39 is 23.3 Å². The van der Waals surface area contributed by atoms with Gasteiger partial charge in [0.1, 0.15) is 11.4 Å². The maximum Gasteiger partial charge on any atom is 0.325 e. The van der Waals surface area contributed by atoms with Crippen molar-refractivity contribution in [3.63, 3.8) is 0 Å². The van der Waals surface area contributed by atoms with Gasteiger partial charge in [-0.2, -0.15) is 0 Å². The molecule has 0 bridgehead atoms. The van der Waals surface area contributed by atoms with Crippen LogP contribution in [0.5, 0.6) is 0 Å². The lowest BCUT2D eigenvalue weighted by molar-refractivity contribution is -0.131. The fraction of sp³-hybridized carbons (Fsp3) is 0.286. The van der Waals surface area contributed by atoms with Gasteiger partial charge in [0.25, 0.3) is 5.91 Å². The number of hydrogen-bond donors (Lipinski definition) is 1. The zero-order chi connectivity index (χ0) is 19.8. The van der Waals surface area contributed by atoms with Crippen molar-refractivity contribution in [3.8, 4) is 0 Å². The van der Waals surface area contributed by atoms with E-state index in [0.717, 1.165) is 16.0 Å². The third kappa shape index (κ3) is 3.23. The number of ketones is 1. The van der Waals surface area contributed by atoms with Crippen molar-refractivity contribution in [2.45, 2.75) is 32.7 Å². The summed E-state index contributed by atoms with van der Waals surface area (Å²) in [6.07, 6.45) is 0.289. The maximum atomic E-state index is 13.3. The molecule has 1 aliphatic heterocycles. The Kier molecular flexibility index (Phi) is 4.83. The number of rotatable bonds is 5. The van der Waals surface area contributed by atoms with Crippen LogP contribution < -0.4 is 5.32 Å². The third-order valence-electron chi connectivity index (χ3n) is 5.04. The van der Waals surface area contributed by atoms with E-state index in [4.69, 9.17) is 0 Å². The summed E-state index contributed by atoms with van der Waals surface area (Å²) in [7, 11) is 0. The highest BCUT2D eigenvalue weighted by Gasteiger charge is 2.51. The molecule has 1 atom stereocenters. The number of carbonyl (C=O) groups excluding carboxylic acids is 3. The van der Waals surface area contributed by atoms with Crippen molar-refractivity contribution in [2.24, 2.45) is 0 Å². The van der Waals surface area contributed by atoms with Gasteiger partial charge in [0.15, 0.2) is 5.78 Å². The number of urea groups is 1. The Labute approximate surface area is 157 Å². The van der Waals surface area contributed by atoms with Crippen molar-refractivity contribution in [1.29, 1.82) is 0 Å². The van der Waals surface area contributed by atoms with Gasteiger partial charge in [0, 0.05) is 5.56 Å². The lowest BCUT2D eigenvalue weighted by atomic mass is 9.87. The molecule has 0 aromatic heterocycles. The maximum absolute atomic E-state index is 13.3. The van der Waals surface area contributed by atoms with Gasteiger partial charge in [0.05, 0.1) is 6.54 Å². The van der Waals surface area contributed by atoms with E-state index in [2.05, 4.69) is 5.32 Å². The molecule has 1 N–H and O–H groups in total. The van der Waals surface area contributed by atoms with Gasteiger partial charge >= 0.3 is 6.03 Å². The van der Waals surface area contributed by atoms with Crippen molar-refractivity contribution in [1.82, 2.24) is 10.2 Å². The number of benzene rings is 2. The average molecular weight is 368 g/mol. The van der Waals surface area contributed by atoms with Crippen LogP contribution in [0.25, 0.3) is 0 Å². The normalized spacial score (nSPS) is 19.3. The Morgan fingerprint density at radius 1 is 1.11 bits per heavy atom. The predicted octanol–water partition coefficient (Wildman–Crippen LogP) is 3.48. The molecule has 5 nitrogen and oxygen atoms in total. The molecule has 0 aliphatic carbocycles. The molecule has 1 heterocycles. The number of hydrogen-bond acceptors (Lipinski definition) is 3. The number of carbonyl (C=O) groups is 3. The summed E-state index contributed by atoms with van der Waals surface area (Å²) in [5.74, 6) is -1.23. The Morgan fingerprint density at radius 2 is 1.78 bits per heavy atom. The monoisotopic (exact) mass is 368 g/mol. The largest absolute Gasteiger partial charge is 0.325 e. The summed E-state index contributed by atoms with van der Waals surface area (Å²) >= 11 is 0. The number of halogens is 1. The Balaban J connectivity index is 1.90. The number of aryl methyl sites for hydroxylation is 2. The summed E-state index contributed by atoms with van der Waals surface area (Å²) < 4.78 is 13.3. The van der Waals surface area contributed by atoms with E-state index in [-0.39, 0.29) is 18.7 Å². The van der Waals surface area contributed by atoms with Crippen LogP contribution in [0.15, 0.2) is 42.5 Å². The molecular weight excluding hydrogens is 347 g/mol. The molecule has 2 aromatic rings. The molecule has 27 heavy (non-hydrogen) atoms. The number of amides is 3. The fourth-order valence-corrected chi connectivity index (χ4v) is 3.41. The summed E-state index contributed by atoms with van der Waals surface area (Å²) in [5.41, 5.74) is 1.42. The van der Waals surface area contributed by atoms with Crippen LogP contribution in [0.3, 0.4) is 0 Å². The molecule has 1 aliphatic rings. The molecule has 1 saturated heterocycles. The van der Waals surface area contributed by atoms with E-state index in [9.17, 15) is 18.8 Å². The van der Waals surface area contributed by atoms with Gasteiger partial charge in [0.2, 0.25) is 0 Å². The molecule has 0 saturated carbocycles. The lowest BCUT2D eigenvalue weighted by Gasteiger charge is -2.25. The number of nitrogens with one attached hydrogen (secondary N) is 1. The molecule has 2 aromatic carbocycles. The van der Waals surface area contributed by atoms with Crippen molar-refractivity contribution >= 4 is 17.7 Å². The second-order valence-corrected chi connectivity index (χ2v) is 6.83. The molecule has 3 amide bonds. The Bertz CT molecular complexity index is 924. The van der Waals surface area contributed by atoms with Gasteiger partial charge in [-0.15, -0.1) is 0 Å². The summed E-state index contributed by atoms with van der Waals surface area (Å²) in [6.45, 7) is 5.11. The van der Waals surface area contributed by atoms with Crippen LogP contribution in [-0.2, 0) is 10.3 Å². The van der Waals surface area contributed by atoms with Crippen molar-refractivity contribution < 1.29 is 18.8 Å². The highest BCUT2D eigenvalue weighted by Crippen LogP contribution is 2.32. The molecule has 0 unspecified atom stereocenters. The zero-order valence-corrected chi connectivity index (χ0v) is 15.5. The third-order valence-corrected chi connectivity index (χ3v) is 5.04. The highest BCUT2D eigenvalue weighted by atomic mass is 19.1. The van der Waals surface area contributed by atoms with Crippen molar-refractivity contribution in [2.75, 3.05) is 6.54 Å². The number of Topliss-reactive ketones (excluding diaryl/α,β-unsaturated/α-hetero) is 1. The summed E-state index contributed by atoms with van der Waals surface area (Å²) in [5, 5.41) is 2.70. The van der Waals surface area contributed by atoms with Crippen LogP contribution in [-0.4, -0.2) is 29.2 Å². The first-order valence-electron chi connectivity index (χ1n) is 8.79. The van der Waals surface area contributed by atoms with Gasteiger partial charge in [-0.3, -0.25) is 14.5 Å².